The van der Waals surface area contributed by atoms with Crippen molar-refractivity contribution in [3.63, 3.8) is 0 Å². The van der Waals surface area contributed by atoms with Gasteiger partial charge in [0.2, 0.25) is 0 Å². The third-order valence-corrected chi connectivity index (χ3v) is 7.38. The molecular formula is C20H22F2O2. The predicted octanol–water partition coefficient (Wildman–Crippen LogP) is 4.62. The van der Waals surface area contributed by atoms with Crippen molar-refractivity contribution in [2.45, 2.75) is 46.0 Å². The quantitative estimate of drug-likeness (QED) is 0.648. The Balaban J connectivity index is 1.85. The van der Waals surface area contributed by atoms with Gasteiger partial charge in [-0.25, -0.2) is 0 Å². The summed E-state index contributed by atoms with van der Waals surface area (Å²) < 4.78 is 27.6. The third-order valence-electron chi connectivity index (χ3n) is 7.38. The van der Waals surface area contributed by atoms with Crippen LogP contribution in [-0.2, 0) is 9.59 Å². The highest BCUT2D eigenvalue weighted by Crippen LogP contribution is 2.65. The molecule has 0 bridgehead atoms. The van der Waals surface area contributed by atoms with Gasteiger partial charge in [-0.2, -0.15) is 8.78 Å². The molecule has 0 radical (unpaired) electrons. The lowest BCUT2D eigenvalue weighted by molar-refractivity contribution is -0.130. The average molecular weight is 332 g/mol. The maximum absolute atomic E-state index is 13.8. The summed E-state index contributed by atoms with van der Waals surface area (Å²) in [6.45, 7) is 4.05. The Morgan fingerprint density at radius 3 is 2.62 bits per heavy atom. The van der Waals surface area contributed by atoms with Gasteiger partial charge in [-0.1, -0.05) is 25.5 Å². The summed E-state index contributed by atoms with van der Waals surface area (Å²) in [5.74, 6) is -0.0752. The zero-order valence-electron chi connectivity index (χ0n) is 14.1. The summed E-state index contributed by atoms with van der Waals surface area (Å²) in [7, 11) is 0. The van der Waals surface area contributed by atoms with Gasteiger partial charge in [0.1, 0.15) is 5.78 Å². The smallest absolute Gasteiger partial charge is 0.270 e. The van der Waals surface area contributed by atoms with E-state index in [2.05, 4.69) is 6.92 Å². The molecular weight excluding hydrogens is 310 g/mol. The van der Waals surface area contributed by atoms with Crippen LogP contribution >= 0.6 is 0 Å². The first-order valence-electron chi connectivity index (χ1n) is 8.79. The van der Waals surface area contributed by atoms with Crippen molar-refractivity contribution < 1.29 is 18.4 Å². The summed E-state index contributed by atoms with van der Waals surface area (Å²) in [6, 6.07) is 0. The van der Waals surface area contributed by atoms with E-state index in [4.69, 9.17) is 0 Å². The number of carbonyl (C=O) groups is 2. The van der Waals surface area contributed by atoms with Crippen molar-refractivity contribution in [1.29, 1.82) is 0 Å². The van der Waals surface area contributed by atoms with E-state index in [1.807, 2.05) is 13.0 Å². The molecule has 2 nitrogen and oxygen atoms in total. The largest absolute Gasteiger partial charge is 0.299 e. The number of ketones is 2. The third kappa shape index (κ3) is 1.91. The van der Waals surface area contributed by atoms with E-state index in [9.17, 15) is 18.4 Å². The summed E-state index contributed by atoms with van der Waals surface area (Å²) in [6.07, 6.45) is 6.35. The maximum Gasteiger partial charge on any atom is 0.270 e. The molecule has 0 unspecified atom stereocenters. The first-order chi connectivity index (χ1) is 11.3. The van der Waals surface area contributed by atoms with Gasteiger partial charge < -0.3 is 0 Å². The topological polar surface area (TPSA) is 34.1 Å². The normalized spacial score (nSPS) is 43.9. The molecule has 4 aliphatic carbocycles. The van der Waals surface area contributed by atoms with Crippen LogP contribution in [0.4, 0.5) is 8.78 Å². The molecule has 0 spiro atoms. The zero-order valence-corrected chi connectivity index (χ0v) is 14.1. The van der Waals surface area contributed by atoms with Gasteiger partial charge >= 0.3 is 0 Å². The second-order valence-electron chi connectivity index (χ2n) is 8.31. The lowest BCUT2D eigenvalue weighted by atomic mass is 9.47. The standard InChI is InChI=1S/C20H22F2O2/c1-19-7-5-12(23)9-11(19)10-13(18(21)22)17-14-3-4-16(24)20(14,2)8-6-15(17)19/h5,7,9,14-15,17H,3-4,6,8,10H2,1-2H3/t14-,15-,17-,19-,20-/m0/s1. The molecule has 0 heterocycles. The number of halogens is 2. The molecule has 3 fully saturated rings. The molecule has 0 aromatic heterocycles. The van der Waals surface area contributed by atoms with E-state index in [0.717, 1.165) is 18.4 Å². The van der Waals surface area contributed by atoms with Gasteiger partial charge in [0.15, 0.2) is 5.78 Å². The highest BCUT2D eigenvalue weighted by molar-refractivity contribution is 6.01. The molecule has 5 atom stereocenters. The van der Waals surface area contributed by atoms with Gasteiger partial charge in [-0.15, -0.1) is 0 Å². The van der Waals surface area contributed by atoms with Crippen LogP contribution in [0.3, 0.4) is 0 Å². The molecule has 0 aliphatic heterocycles. The first kappa shape index (κ1) is 15.9. The second-order valence-corrected chi connectivity index (χ2v) is 8.31. The predicted molar refractivity (Wildman–Crippen MR) is 86.2 cm³/mol. The van der Waals surface area contributed by atoms with E-state index in [0.29, 0.717) is 12.8 Å². The van der Waals surface area contributed by atoms with Crippen LogP contribution < -0.4 is 0 Å². The van der Waals surface area contributed by atoms with Crippen molar-refractivity contribution in [1.82, 2.24) is 0 Å². The Morgan fingerprint density at radius 2 is 1.92 bits per heavy atom. The van der Waals surface area contributed by atoms with E-state index in [1.54, 1.807) is 12.2 Å². The van der Waals surface area contributed by atoms with Crippen LogP contribution in [0.15, 0.2) is 35.5 Å². The number of Topliss-reactive ketones (excluding diaryl/α,β-unsaturated/α-hetero) is 1. The Bertz CT molecular complexity index is 728. The van der Waals surface area contributed by atoms with E-state index >= 15 is 0 Å². The number of fused-ring (bicyclic) bond motifs is 5. The summed E-state index contributed by atoms with van der Waals surface area (Å²) in [4.78, 5) is 24.2. The van der Waals surface area contributed by atoms with Crippen molar-refractivity contribution in [2.75, 3.05) is 0 Å². The average Bonchev–Trinajstić information content (AvgIpc) is 2.83. The minimum atomic E-state index is -1.61. The van der Waals surface area contributed by atoms with E-state index in [1.165, 1.54) is 0 Å². The maximum atomic E-state index is 13.8. The lowest BCUT2D eigenvalue weighted by Gasteiger charge is -2.56. The number of hydrogen-bond acceptors (Lipinski definition) is 2. The molecule has 3 saturated carbocycles. The van der Waals surface area contributed by atoms with Crippen LogP contribution in [0.2, 0.25) is 0 Å². The molecule has 0 aromatic rings. The summed E-state index contributed by atoms with van der Waals surface area (Å²) >= 11 is 0. The van der Waals surface area contributed by atoms with Crippen LogP contribution in [0.1, 0.15) is 46.0 Å². The Morgan fingerprint density at radius 1 is 1.17 bits per heavy atom. The fourth-order valence-electron chi connectivity index (χ4n) is 5.93. The highest BCUT2D eigenvalue weighted by Gasteiger charge is 2.60. The van der Waals surface area contributed by atoms with Crippen molar-refractivity contribution in [2.24, 2.45) is 28.6 Å². The van der Waals surface area contributed by atoms with Crippen LogP contribution in [-0.4, -0.2) is 11.6 Å². The Kier molecular flexibility index (Phi) is 3.29. The SMILES string of the molecule is C[C@]12C=CC(=O)C=C1CC(=C(F)F)[C@@H]1[C@@H]2CC[C@]2(C)C(=O)CC[C@@H]12. The first-order valence-corrected chi connectivity index (χ1v) is 8.79. The minimum Gasteiger partial charge on any atom is -0.299 e. The second kappa shape index (κ2) is 4.96. The number of allylic oxidation sites excluding steroid dienone is 5. The van der Waals surface area contributed by atoms with Crippen LogP contribution in [0.25, 0.3) is 0 Å². The molecule has 4 aliphatic rings. The molecule has 0 N–H and O–H groups in total. The summed E-state index contributed by atoms with van der Waals surface area (Å²) in [5.41, 5.74) is 0.197. The molecule has 4 rings (SSSR count). The fourth-order valence-corrected chi connectivity index (χ4v) is 5.93. The van der Waals surface area contributed by atoms with Crippen molar-refractivity contribution in [3.05, 3.63) is 35.5 Å². The van der Waals surface area contributed by atoms with Crippen LogP contribution in [0, 0.1) is 28.6 Å². The van der Waals surface area contributed by atoms with Gasteiger partial charge in [0.25, 0.3) is 6.08 Å². The monoisotopic (exact) mass is 332 g/mol. The molecule has 0 saturated heterocycles. The molecule has 24 heavy (non-hydrogen) atoms. The van der Waals surface area contributed by atoms with Gasteiger partial charge in [0.05, 0.1) is 0 Å². The van der Waals surface area contributed by atoms with Crippen molar-refractivity contribution in [3.8, 4) is 0 Å². The zero-order chi connectivity index (χ0) is 17.3. The number of carbonyl (C=O) groups excluding carboxylic acids is 2. The number of hydrogen-bond donors (Lipinski definition) is 0. The Labute approximate surface area is 140 Å². The van der Waals surface area contributed by atoms with E-state index in [-0.39, 0.29) is 46.7 Å². The van der Waals surface area contributed by atoms with E-state index < -0.39 is 11.5 Å². The number of rotatable bonds is 0. The highest BCUT2D eigenvalue weighted by atomic mass is 19.3. The fraction of sp³-hybridized carbons (Fsp3) is 0.600. The lowest BCUT2D eigenvalue weighted by Crippen LogP contribution is -2.50. The molecule has 0 aromatic carbocycles. The van der Waals surface area contributed by atoms with Gasteiger partial charge in [-0.05, 0) is 55.6 Å². The minimum absolute atomic E-state index is 0.00431. The van der Waals surface area contributed by atoms with Gasteiger partial charge in [-0.3, -0.25) is 9.59 Å². The molecule has 4 heteroatoms. The van der Waals surface area contributed by atoms with Crippen molar-refractivity contribution >= 4 is 11.6 Å². The Hall–Kier alpha value is -1.58. The molecule has 0 amide bonds. The molecule has 128 valence electrons. The van der Waals surface area contributed by atoms with Crippen LogP contribution in [0.5, 0.6) is 0 Å². The summed E-state index contributed by atoms with van der Waals surface area (Å²) in [5, 5.41) is 0. The van der Waals surface area contributed by atoms with Gasteiger partial charge in [0, 0.05) is 22.8 Å².